The number of thioether (sulfide) groups is 1. The summed E-state index contributed by atoms with van der Waals surface area (Å²) in [5.41, 5.74) is 2.23. The van der Waals surface area contributed by atoms with Crippen LogP contribution < -0.4 is 10.6 Å². The standard InChI is InChI=1S/C28H39N3O3S/c32-25-10-9-23(26(33)30-25)31-19-22-21(27(31)34)7-6-8-24(22)35-18-5-3-1-2-4-17-29-28-14-11-20(12-15-28)13-16-28/h6-8,20,23,29H,1-5,9-19H2,(H,30,32,33). The van der Waals surface area contributed by atoms with Crippen LogP contribution in [0.2, 0.25) is 0 Å². The molecule has 3 amide bonds. The number of benzene rings is 1. The first kappa shape index (κ1) is 24.8. The third-order valence-corrected chi connectivity index (χ3v) is 9.90. The maximum Gasteiger partial charge on any atom is 0.255 e. The Kier molecular flexibility index (Phi) is 7.83. The Morgan fingerprint density at radius 1 is 0.971 bits per heavy atom. The van der Waals surface area contributed by atoms with Crippen molar-refractivity contribution in [2.45, 2.75) is 106 Å². The van der Waals surface area contributed by atoms with Gasteiger partial charge in [-0.15, -0.1) is 11.8 Å². The number of nitrogens with zero attached hydrogens (tertiary/aromatic N) is 1. The van der Waals surface area contributed by atoms with E-state index in [0.29, 0.717) is 24.1 Å². The van der Waals surface area contributed by atoms with Gasteiger partial charge in [0.2, 0.25) is 11.8 Å². The van der Waals surface area contributed by atoms with Crippen LogP contribution in [0.5, 0.6) is 0 Å². The van der Waals surface area contributed by atoms with Crippen LogP contribution in [0.3, 0.4) is 0 Å². The van der Waals surface area contributed by atoms with Crippen molar-refractivity contribution in [1.29, 1.82) is 0 Å². The highest BCUT2D eigenvalue weighted by molar-refractivity contribution is 7.99. The summed E-state index contributed by atoms with van der Waals surface area (Å²) < 4.78 is 0. The number of hydrogen-bond acceptors (Lipinski definition) is 5. The molecule has 2 N–H and O–H groups in total. The zero-order valence-electron chi connectivity index (χ0n) is 20.8. The van der Waals surface area contributed by atoms with Gasteiger partial charge in [0, 0.05) is 29.0 Å². The third-order valence-electron chi connectivity index (χ3n) is 8.71. The smallest absolute Gasteiger partial charge is 0.255 e. The molecular weight excluding hydrogens is 458 g/mol. The number of imide groups is 1. The normalized spacial score (nSPS) is 27.9. The van der Waals surface area contributed by atoms with Crippen molar-refractivity contribution in [3.05, 3.63) is 29.3 Å². The van der Waals surface area contributed by atoms with Crippen molar-refractivity contribution in [3.8, 4) is 0 Å². The summed E-state index contributed by atoms with van der Waals surface area (Å²) in [4.78, 5) is 39.5. The van der Waals surface area contributed by atoms with E-state index in [-0.39, 0.29) is 24.1 Å². The zero-order chi connectivity index (χ0) is 24.3. The number of nitrogens with one attached hydrogen (secondary N) is 2. The van der Waals surface area contributed by atoms with E-state index in [4.69, 9.17) is 0 Å². The molecule has 5 aliphatic rings. The molecule has 3 saturated carbocycles. The Morgan fingerprint density at radius 2 is 1.71 bits per heavy atom. The van der Waals surface area contributed by atoms with Gasteiger partial charge >= 0.3 is 0 Å². The van der Waals surface area contributed by atoms with Gasteiger partial charge in [-0.25, -0.2) is 0 Å². The minimum atomic E-state index is -0.548. The van der Waals surface area contributed by atoms with Crippen LogP contribution >= 0.6 is 11.8 Å². The molecule has 0 radical (unpaired) electrons. The van der Waals surface area contributed by atoms with Crippen molar-refractivity contribution < 1.29 is 14.4 Å². The van der Waals surface area contributed by atoms with Gasteiger partial charge in [-0.3, -0.25) is 19.7 Å². The van der Waals surface area contributed by atoms with Crippen LogP contribution in [0.4, 0.5) is 0 Å². The minimum Gasteiger partial charge on any atom is -0.322 e. The van der Waals surface area contributed by atoms with Gasteiger partial charge in [0.1, 0.15) is 6.04 Å². The quantitative estimate of drug-likeness (QED) is 0.261. The summed E-state index contributed by atoms with van der Waals surface area (Å²) in [6.45, 7) is 1.63. The van der Waals surface area contributed by atoms with Crippen LogP contribution in [-0.4, -0.2) is 46.5 Å². The average molecular weight is 498 g/mol. The molecule has 1 unspecified atom stereocenters. The van der Waals surface area contributed by atoms with E-state index in [1.165, 1.54) is 77.2 Å². The maximum atomic E-state index is 13.0. The van der Waals surface area contributed by atoms with Crippen molar-refractivity contribution in [3.63, 3.8) is 0 Å². The predicted octanol–water partition coefficient (Wildman–Crippen LogP) is 4.80. The van der Waals surface area contributed by atoms with Crippen LogP contribution in [0.1, 0.15) is 99.4 Å². The van der Waals surface area contributed by atoms with E-state index in [1.54, 1.807) is 4.90 Å². The Balaban J connectivity index is 1.01. The monoisotopic (exact) mass is 497 g/mol. The molecule has 2 heterocycles. The van der Waals surface area contributed by atoms with Crippen LogP contribution in [-0.2, 0) is 16.1 Å². The molecular formula is C28H39N3O3S. The highest BCUT2D eigenvalue weighted by Gasteiger charge is 2.40. The molecule has 2 bridgehead atoms. The Hall–Kier alpha value is -1.86. The van der Waals surface area contributed by atoms with Gasteiger partial charge in [0.05, 0.1) is 0 Å². The summed E-state index contributed by atoms with van der Waals surface area (Å²) in [5, 5.41) is 6.31. The first-order valence-corrected chi connectivity index (χ1v) is 14.7. The van der Waals surface area contributed by atoms with Gasteiger partial charge in [-0.1, -0.05) is 25.3 Å². The van der Waals surface area contributed by atoms with Gasteiger partial charge < -0.3 is 10.2 Å². The number of carbonyl (C=O) groups excluding carboxylic acids is 3. The lowest BCUT2D eigenvalue weighted by Crippen LogP contribution is -2.52. The molecule has 0 aromatic heterocycles. The van der Waals surface area contributed by atoms with Crippen LogP contribution in [0.25, 0.3) is 0 Å². The molecule has 2 aliphatic heterocycles. The second-order valence-corrected chi connectivity index (χ2v) is 12.1. The minimum absolute atomic E-state index is 0.0913. The van der Waals surface area contributed by atoms with E-state index >= 15 is 0 Å². The molecule has 190 valence electrons. The second kappa shape index (κ2) is 11.0. The second-order valence-electron chi connectivity index (χ2n) is 11.0. The number of rotatable bonds is 11. The molecule has 1 atom stereocenters. The predicted molar refractivity (Wildman–Crippen MR) is 138 cm³/mol. The Bertz CT molecular complexity index is 943. The molecule has 6 rings (SSSR count). The summed E-state index contributed by atoms with van der Waals surface area (Å²) in [5.74, 6) is 1.38. The lowest BCUT2D eigenvalue weighted by molar-refractivity contribution is -0.136. The van der Waals surface area contributed by atoms with E-state index in [9.17, 15) is 14.4 Å². The highest BCUT2D eigenvalue weighted by atomic mass is 32.2. The van der Waals surface area contributed by atoms with Crippen molar-refractivity contribution >= 4 is 29.5 Å². The number of carbonyl (C=O) groups is 3. The molecule has 1 saturated heterocycles. The molecule has 3 aliphatic carbocycles. The van der Waals surface area contributed by atoms with Crippen molar-refractivity contribution in [2.24, 2.45) is 5.92 Å². The SMILES string of the molecule is O=C1CCC(N2Cc3c(SCCCCCCCNC45CCC(CC4)CC5)cccc3C2=O)C(=O)N1. The number of fused-ring (bicyclic) bond motifs is 4. The summed E-state index contributed by atoms with van der Waals surface area (Å²) in [7, 11) is 0. The van der Waals surface area contributed by atoms with Gasteiger partial charge in [-0.2, -0.15) is 0 Å². The molecule has 1 aromatic carbocycles. The van der Waals surface area contributed by atoms with E-state index in [0.717, 1.165) is 22.1 Å². The largest absolute Gasteiger partial charge is 0.322 e. The molecule has 0 spiro atoms. The lowest BCUT2D eigenvalue weighted by atomic mass is 9.66. The fourth-order valence-corrected chi connectivity index (χ4v) is 7.59. The fourth-order valence-electron chi connectivity index (χ4n) is 6.50. The zero-order valence-corrected chi connectivity index (χ0v) is 21.6. The first-order chi connectivity index (χ1) is 17.0. The van der Waals surface area contributed by atoms with Crippen molar-refractivity contribution in [2.75, 3.05) is 12.3 Å². The average Bonchev–Trinajstić information content (AvgIpc) is 3.21. The fraction of sp³-hybridized carbons (Fsp3) is 0.679. The number of amides is 3. The van der Waals surface area contributed by atoms with E-state index in [1.807, 2.05) is 23.9 Å². The van der Waals surface area contributed by atoms with E-state index in [2.05, 4.69) is 16.7 Å². The van der Waals surface area contributed by atoms with Gasteiger partial charge in [-0.05, 0) is 93.7 Å². The van der Waals surface area contributed by atoms with Crippen molar-refractivity contribution in [1.82, 2.24) is 15.5 Å². The van der Waals surface area contributed by atoms with Gasteiger partial charge in [0.15, 0.2) is 0 Å². The number of unbranched alkanes of at least 4 members (excludes halogenated alkanes) is 4. The molecule has 6 nitrogen and oxygen atoms in total. The third kappa shape index (κ3) is 5.61. The highest BCUT2D eigenvalue weighted by Crippen LogP contribution is 2.44. The maximum absolute atomic E-state index is 13.0. The summed E-state index contributed by atoms with van der Waals surface area (Å²) in [6.07, 6.45) is 15.5. The van der Waals surface area contributed by atoms with Crippen LogP contribution in [0.15, 0.2) is 23.1 Å². The molecule has 7 heteroatoms. The number of hydrogen-bond donors (Lipinski definition) is 2. The Morgan fingerprint density at radius 3 is 2.49 bits per heavy atom. The summed E-state index contributed by atoms with van der Waals surface area (Å²) in [6, 6.07) is 5.35. The molecule has 4 fully saturated rings. The first-order valence-electron chi connectivity index (χ1n) is 13.7. The molecule has 1 aromatic rings. The summed E-state index contributed by atoms with van der Waals surface area (Å²) >= 11 is 1.83. The molecule has 35 heavy (non-hydrogen) atoms. The van der Waals surface area contributed by atoms with Gasteiger partial charge in [0.25, 0.3) is 5.91 Å². The number of piperidine rings is 1. The lowest BCUT2D eigenvalue weighted by Gasteiger charge is -2.47. The van der Waals surface area contributed by atoms with E-state index < -0.39 is 6.04 Å². The van der Waals surface area contributed by atoms with Crippen LogP contribution in [0, 0.1) is 5.92 Å². The topological polar surface area (TPSA) is 78.5 Å². The Labute approximate surface area is 213 Å².